The number of nitrogens with zero attached hydrogens (tertiary/aromatic N) is 1. The number of morpholine rings is 1. The van der Waals surface area contributed by atoms with Crippen molar-refractivity contribution in [1.82, 2.24) is 4.90 Å². The SMILES string of the molecule is CC(CN1CCOCC1)Nc1cccc(Br)c1C(N)=S. The number of nitrogens with two attached hydrogens (primary N) is 1. The summed E-state index contributed by atoms with van der Waals surface area (Å²) in [5.74, 6) is 0. The van der Waals surface area contributed by atoms with Gasteiger partial charge in [-0.3, -0.25) is 4.90 Å². The van der Waals surface area contributed by atoms with Crippen LogP contribution in [0.15, 0.2) is 22.7 Å². The van der Waals surface area contributed by atoms with Gasteiger partial charge < -0.3 is 15.8 Å². The highest BCUT2D eigenvalue weighted by Gasteiger charge is 2.15. The molecule has 1 aliphatic heterocycles. The first kappa shape index (κ1) is 15.7. The zero-order valence-corrected chi connectivity index (χ0v) is 14.0. The summed E-state index contributed by atoms with van der Waals surface area (Å²) in [5, 5.41) is 3.50. The van der Waals surface area contributed by atoms with E-state index in [1.807, 2.05) is 18.2 Å². The highest BCUT2D eigenvalue weighted by Crippen LogP contribution is 2.25. The molecule has 1 heterocycles. The molecule has 0 aromatic heterocycles. The second-order valence-electron chi connectivity index (χ2n) is 4.99. The molecule has 1 aromatic rings. The molecule has 1 unspecified atom stereocenters. The first-order valence-electron chi connectivity index (χ1n) is 6.73. The number of benzene rings is 1. The van der Waals surface area contributed by atoms with E-state index in [0.717, 1.165) is 48.6 Å². The molecule has 6 heteroatoms. The summed E-state index contributed by atoms with van der Waals surface area (Å²) in [6.45, 7) is 6.77. The van der Waals surface area contributed by atoms with Gasteiger partial charge in [-0.15, -0.1) is 0 Å². The van der Waals surface area contributed by atoms with E-state index in [4.69, 9.17) is 22.7 Å². The fourth-order valence-corrected chi connectivity index (χ4v) is 3.31. The molecule has 0 amide bonds. The number of rotatable bonds is 5. The maximum atomic E-state index is 5.81. The molecular formula is C14H20BrN3OS. The molecule has 0 aliphatic carbocycles. The van der Waals surface area contributed by atoms with Crippen molar-refractivity contribution in [3.05, 3.63) is 28.2 Å². The molecule has 3 N–H and O–H groups in total. The quantitative estimate of drug-likeness (QED) is 0.791. The molecule has 1 saturated heterocycles. The van der Waals surface area contributed by atoms with Gasteiger partial charge in [-0.1, -0.05) is 18.3 Å². The zero-order chi connectivity index (χ0) is 14.5. The van der Waals surface area contributed by atoms with E-state index in [1.54, 1.807) is 0 Å². The standard InChI is InChI=1S/C14H20BrN3OS/c1-10(9-18-5-7-19-8-6-18)17-12-4-2-3-11(15)13(12)14(16)20/h2-4,10,17H,5-9H2,1H3,(H2,16,20). The lowest BCUT2D eigenvalue weighted by molar-refractivity contribution is 0.0368. The number of anilines is 1. The van der Waals surface area contributed by atoms with Gasteiger partial charge in [0.05, 0.1) is 13.2 Å². The van der Waals surface area contributed by atoms with Gasteiger partial charge in [0, 0.05) is 41.4 Å². The minimum absolute atomic E-state index is 0.315. The van der Waals surface area contributed by atoms with Gasteiger partial charge >= 0.3 is 0 Å². The Bertz CT molecular complexity index is 477. The van der Waals surface area contributed by atoms with Crippen molar-refractivity contribution in [3.63, 3.8) is 0 Å². The van der Waals surface area contributed by atoms with Crippen LogP contribution in [0.4, 0.5) is 5.69 Å². The monoisotopic (exact) mass is 357 g/mol. The Morgan fingerprint density at radius 3 is 2.85 bits per heavy atom. The lowest BCUT2D eigenvalue weighted by Crippen LogP contribution is -2.42. The van der Waals surface area contributed by atoms with Crippen molar-refractivity contribution >= 4 is 38.8 Å². The second-order valence-corrected chi connectivity index (χ2v) is 6.28. The molecule has 0 bridgehead atoms. The summed E-state index contributed by atoms with van der Waals surface area (Å²) in [4.78, 5) is 2.80. The smallest absolute Gasteiger partial charge is 0.107 e. The molecule has 1 fully saturated rings. The molecule has 1 aromatic carbocycles. The van der Waals surface area contributed by atoms with Crippen LogP contribution in [0.5, 0.6) is 0 Å². The van der Waals surface area contributed by atoms with Crippen LogP contribution in [0.2, 0.25) is 0 Å². The highest BCUT2D eigenvalue weighted by atomic mass is 79.9. The average Bonchev–Trinajstić information content (AvgIpc) is 2.39. The van der Waals surface area contributed by atoms with Crippen molar-refractivity contribution in [2.24, 2.45) is 5.73 Å². The zero-order valence-electron chi connectivity index (χ0n) is 11.6. The van der Waals surface area contributed by atoms with E-state index < -0.39 is 0 Å². The molecule has 20 heavy (non-hydrogen) atoms. The minimum Gasteiger partial charge on any atom is -0.389 e. The third-order valence-electron chi connectivity index (χ3n) is 3.30. The van der Waals surface area contributed by atoms with Crippen molar-refractivity contribution in [2.75, 3.05) is 38.2 Å². The van der Waals surface area contributed by atoms with Gasteiger partial charge in [-0.2, -0.15) is 0 Å². The fraction of sp³-hybridized carbons (Fsp3) is 0.500. The van der Waals surface area contributed by atoms with E-state index >= 15 is 0 Å². The van der Waals surface area contributed by atoms with Crippen LogP contribution in [-0.4, -0.2) is 48.8 Å². The van der Waals surface area contributed by atoms with Gasteiger partial charge in [0.15, 0.2) is 0 Å². The highest BCUT2D eigenvalue weighted by molar-refractivity contribution is 9.10. The summed E-state index contributed by atoms with van der Waals surface area (Å²) in [6, 6.07) is 6.26. The Morgan fingerprint density at radius 1 is 1.50 bits per heavy atom. The maximum absolute atomic E-state index is 5.81. The number of hydrogen-bond donors (Lipinski definition) is 2. The predicted molar refractivity (Wildman–Crippen MR) is 90.4 cm³/mol. The van der Waals surface area contributed by atoms with E-state index in [9.17, 15) is 0 Å². The van der Waals surface area contributed by atoms with Crippen molar-refractivity contribution in [3.8, 4) is 0 Å². The predicted octanol–water partition coefficient (Wildman–Crippen LogP) is 2.22. The lowest BCUT2D eigenvalue weighted by Gasteiger charge is -2.30. The van der Waals surface area contributed by atoms with Crippen LogP contribution in [0.1, 0.15) is 12.5 Å². The first-order valence-corrected chi connectivity index (χ1v) is 7.93. The topological polar surface area (TPSA) is 50.5 Å². The van der Waals surface area contributed by atoms with E-state index in [0.29, 0.717) is 11.0 Å². The summed E-state index contributed by atoms with van der Waals surface area (Å²) < 4.78 is 6.29. The first-order chi connectivity index (χ1) is 9.58. The normalized spacial score (nSPS) is 17.7. The van der Waals surface area contributed by atoms with Gasteiger partial charge in [0.25, 0.3) is 0 Å². The molecule has 110 valence electrons. The van der Waals surface area contributed by atoms with Crippen LogP contribution < -0.4 is 11.1 Å². The molecule has 1 aliphatic rings. The van der Waals surface area contributed by atoms with Gasteiger partial charge in [-0.05, 0) is 35.0 Å². The molecule has 0 saturated carbocycles. The lowest BCUT2D eigenvalue weighted by atomic mass is 10.1. The van der Waals surface area contributed by atoms with Crippen LogP contribution >= 0.6 is 28.1 Å². The molecule has 2 rings (SSSR count). The summed E-state index contributed by atoms with van der Waals surface area (Å²) in [7, 11) is 0. The van der Waals surface area contributed by atoms with Crippen LogP contribution in [0, 0.1) is 0 Å². The number of nitrogens with one attached hydrogen (secondary N) is 1. The summed E-state index contributed by atoms with van der Waals surface area (Å²) in [6.07, 6.45) is 0. The Morgan fingerprint density at radius 2 is 2.20 bits per heavy atom. The molecule has 0 spiro atoms. The maximum Gasteiger partial charge on any atom is 0.107 e. The molecule has 4 nitrogen and oxygen atoms in total. The van der Waals surface area contributed by atoms with Crippen molar-refractivity contribution < 1.29 is 4.74 Å². The van der Waals surface area contributed by atoms with Crippen molar-refractivity contribution in [1.29, 1.82) is 0 Å². The molecule has 1 atom stereocenters. The number of hydrogen-bond acceptors (Lipinski definition) is 4. The fourth-order valence-electron chi connectivity index (χ4n) is 2.38. The van der Waals surface area contributed by atoms with Gasteiger partial charge in [0.2, 0.25) is 0 Å². The number of thiocarbonyl (C=S) groups is 1. The van der Waals surface area contributed by atoms with Crippen LogP contribution in [0.25, 0.3) is 0 Å². The van der Waals surface area contributed by atoms with Crippen molar-refractivity contribution in [2.45, 2.75) is 13.0 Å². The Hall–Kier alpha value is -0.690. The summed E-state index contributed by atoms with van der Waals surface area (Å²) in [5.41, 5.74) is 7.66. The summed E-state index contributed by atoms with van der Waals surface area (Å²) >= 11 is 8.63. The van der Waals surface area contributed by atoms with Crippen LogP contribution in [0.3, 0.4) is 0 Å². The van der Waals surface area contributed by atoms with Gasteiger partial charge in [0.1, 0.15) is 4.99 Å². The average molecular weight is 358 g/mol. The Balaban J connectivity index is 2.01. The second kappa shape index (κ2) is 7.36. The largest absolute Gasteiger partial charge is 0.389 e. The van der Waals surface area contributed by atoms with E-state index in [2.05, 4.69) is 33.1 Å². The Kier molecular flexibility index (Phi) is 5.77. The number of halogens is 1. The van der Waals surface area contributed by atoms with Gasteiger partial charge in [-0.25, -0.2) is 0 Å². The minimum atomic E-state index is 0.315. The molecular weight excluding hydrogens is 338 g/mol. The van der Waals surface area contributed by atoms with Crippen LogP contribution in [-0.2, 0) is 4.74 Å². The third-order valence-corrected chi connectivity index (χ3v) is 4.16. The Labute approximate surface area is 133 Å². The van der Waals surface area contributed by atoms with E-state index in [-0.39, 0.29) is 0 Å². The number of ether oxygens (including phenoxy) is 1. The molecule has 0 radical (unpaired) electrons. The van der Waals surface area contributed by atoms with E-state index in [1.165, 1.54) is 0 Å². The third kappa shape index (κ3) is 4.15.